The van der Waals surface area contributed by atoms with E-state index in [0.717, 1.165) is 48.1 Å². The average molecular weight is 385 g/mol. The van der Waals surface area contributed by atoms with Gasteiger partial charge in [0.05, 0.1) is 16.6 Å². The van der Waals surface area contributed by atoms with Crippen molar-refractivity contribution < 1.29 is 14.3 Å². The summed E-state index contributed by atoms with van der Waals surface area (Å²) in [5, 5.41) is 8.38. The minimum absolute atomic E-state index is 0.0219. The van der Waals surface area contributed by atoms with E-state index >= 15 is 0 Å². The van der Waals surface area contributed by atoms with Crippen molar-refractivity contribution in [3.05, 3.63) is 23.0 Å². The van der Waals surface area contributed by atoms with E-state index in [2.05, 4.69) is 5.32 Å². The van der Waals surface area contributed by atoms with Crippen molar-refractivity contribution >= 4 is 22.8 Å². The number of hydrogen-bond acceptors (Lipinski definition) is 5. The van der Waals surface area contributed by atoms with Crippen molar-refractivity contribution in [1.82, 2.24) is 25.0 Å². The maximum Gasteiger partial charge on any atom is 0.251 e. The lowest BCUT2D eigenvalue weighted by molar-refractivity contribution is -0.136. The van der Waals surface area contributed by atoms with Crippen LogP contribution in [0.25, 0.3) is 11.0 Å². The summed E-state index contributed by atoms with van der Waals surface area (Å²) in [5.41, 5.74) is 3.34. The number of methoxy groups -OCH3 is 1. The highest BCUT2D eigenvalue weighted by Crippen LogP contribution is 2.41. The minimum atomic E-state index is -0.101. The molecule has 2 aromatic heterocycles. The quantitative estimate of drug-likeness (QED) is 0.844. The molecule has 28 heavy (non-hydrogen) atoms. The highest BCUT2D eigenvalue weighted by molar-refractivity contribution is 6.06. The maximum atomic E-state index is 12.6. The Morgan fingerprint density at radius 1 is 1.21 bits per heavy atom. The molecule has 0 atom stereocenters. The van der Waals surface area contributed by atoms with E-state index < -0.39 is 0 Å². The molecule has 1 saturated carbocycles. The number of carbonyl (C=O) groups excluding carboxylic acids is 2. The number of likely N-dealkylation sites (tertiary alicyclic amines) is 1. The molecule has 2 fully saturated rings. The molecular weight excluding hydrogens is 358 g/mol. The van der Waals surface area contributed by atoms with E-state index in [4.69, 9.17) is 14.8 Å². The molecule has 0 spiro atoms. The van der Waals surface area contributed by atoms with Crippen LogP contribution < -0.4 is 5.32 Å². The van der Waals surface area contributed by atoms with Crippen molar-refractivity contribution in [2.45, 2.75) is 37.5 Å². The average Bonchev–Trinajstić information content (AvgIpc) is 3.51. The van der Waals surface area contributed by atoms with Crippen LogP contribution in [-0.4, -0.2) is 65.3 Å². The summed E-state index contributed by atoms with van der Waals surface area (Å²) < 4.78 is 6.76. The van der Waals surface area contributed by atoms with Gasteiger partial charge in [0, 0.05) is 51.8 Å². The van der Waals surface area contributed by atoms with E-state index in [1.54, 1.807) is 11.7 Å². The van der Waals surface area contributed by atoms with E-state index in [1.165, 1.54) is 7.11 Å². The van der Waals surface area contributed by atoms with Crippen molar-refractivity contribution in [2.24, 2.45) is 7.05 Å². The molecule has 0 aromatic carbocycles. The van der Waals surface area contributed by atoms with Gasteiger partial charge in [0.15, 0.2) is 5.65 Å². The lowest BCUT2D eigenvalue weighted by Crippen LogP contribution is -2.39. The summed E-state index contributed by atoms with van der Waals surface area (Å²) in [6.45, 7) is 1.47. The van der Waals surface area contributed by atoms with Crippen LogP contribution in [0.15, 0.2) is 6.07 Å². The summed E-state index contributed by atoms with van der Waals surface area (Å²) in [4.78, 5) is 31.4. The van der Waals surface area contributed by atoms with Crippen molar-refractivity contribution in [2.75, 3.05) is 33.9 Å². The fourth-order valence-corrected chi connectivity index (χ4v) is 4.10. The number of rotatable bonds is 5. The smallest absolute Gasteiger partial charge is 0.251 e. The Labute approximate surface area is 164 Å². The largest absolute Gasteiger partial charge is 0.375 e. The van der Waals surface area contributed by atoms with E-state index in [9.17, 15) is 9.59 Å². The Bertz CT molecular complexity index is 910. The van der Waals surface area contributed by atoms with Gasteiger partial charge in [0.25, 0.3) is 5.91 Å². The third-order valence-corrected chi connectivity index (χ3v) is 5.81. The molecule has 0 bridgehead atoms. The van der Waals surface area contributed by atoms with Crippen LogP contribution in [-0.2, 0) is 16.6 Å². The van der Waals surface area contributed by atoms with Gasteiger partial charge >= 0.3 is 0 Å². The molecule has 8 heteroatoms. The van der Waals surface area contributed by atoms with Crippen LogP contribution in [0.3, 0.4) is 0 Å². The van der Waals surface area contributed by atoms with Crippen molar-refractivity contribution in [1.29, 1.82) is 0 Å². The molecule has 8 nitrogen and oxygen atoms in total. The SMILES string of the molecule is CNC(=O)c1cc(C2CC2)nc2c1c(C1CCN(C(=O)COC)CC1)nn2C. The van der Waals surface area contributed by atoms with Gasteiger partial charge in [-0.05, 0) is 31.7 Å². The van der Waals surface area contributed by atoms with Gasteiger partial charge < -0.3 is 15.0 Å². The van der Waals surface area contributed by atoms with E-state index in [-0.39, 0.29) is 24.3 Å². The first-order valence-electron chi connectivity index (χ1n) is 9.89. The molecule has 1 aliphatic carbocycles. The monoisotopic (exact) mass is 385 g/mol. The summed E-state index contributed by atoms with van der Waals surface area (Å²) in [6, 6.07) is 1.95. The number of aromatic nitrogens is 3. The number of aryl methyl sites for hydroxylation is 1. The maximum absolute atomic E-state index is 12.6. The number of fused-ring (bicyclic) bond motifs is 1. The van der Waals surface area contributed by atoms with Crippen LogP contribution in [0.4, 0.5) is 0 Å². The Kier molecular flexibility index (Phi) is 5.05. The summed E-state index contributed by atoms with van der Waals surface area (Å²) in [7, 11) is 5.08. The summed E-state index contributed by atoms with van der Waals surface area (Å²) in [5.74, 6) is 0.582. The minimum Gasteiger partial charge on any atom is -0.375 e. The molecule has 4 rings (SSSR count). The van der Waals surface area contributed by atoms with Crippen LogP contribution >= 0.6 is 0 Å². The predicted molar refractivity (Wildman–Crippen MR) is 104 cm³/mol. The highest BCUT2D eigenvalue weighted by Gasteiger charge is 2.32. The zero-order valence-corrected chi connectivity index (χ0v) is 16.7. The molecule has 150 valence electrons. The molecule has 3 heterocycles. The first kappa shape index (κ1) is 18.9. The standard InChI is InChI=1S/C20H27N5O3/c1-21-20(27)14-10-15(12-4-5-12)22-19-17(14)18(23-24(19)2)13-6-8-25(9-7-13)16(26)11-28-3/h10,12-13H,4-9,11H2,1-3H3,(H,21,27). The van der Waals surface area contributed by atoms with E-state index in [0.29, 0.717) is 24.6 Å². The first-order valence-corrected chi connectivity index (χ1v) is 9.89. The van der Waals surface area contributed by atoms with Gasteiger partial charge in [-0.2, -0.15) is 5.10 Å². The number of hydrogen-bond donors (Lipinski definition) is 1. The van der Waals surface area contributed by atoms with Gasteiger partial charge in [-0.15, -0.1) is 0 Å². The normalized spacial score (nSPS) is 17.9. The third kappa shape index (κ3) is 3.37. The second kappa shape index (κ2) is 7.50. The molecule has 1 aliphatic heterocycles. The number of amides is 2. The molecule has 2 aromatic rings. The van der Waals surface area contributed by atoms with Crippen LogP contribution in [0.5, 0.6) is 0 Å². The third-order valence-electron chi connectivity index (χ3n) is 5.81. The zero-order valence-electron chi connectivity index (χ0n) is 16.7. The molecule has 2 aliphatic rings. The van der Waals surface area contributed by atoms with Gasteiger partial charge in [-0.25, -0.2) is 4.98 Å². The highest BCUT2D eigenvalue weighted by atomic mass is 16.5. The number of nitrogens with zero attached hydrogens (tertiary/aromatic N) is 4. The lowest BCUT2D eigenvalue weighted by Gasteiger charge is -2.31. The Balaban J connectivity index is 1.68. The molecule has 1 saturated heterocycles. The van der Waals surface area contributed by atoms with Crippen molar-refractivity contribution in [3.63, 3.8) is 0 Å². The summed E-state index contributed by atoms with van der Waals surface area (Å²) in [6.07, 6.45) is 3.90. The van der Waals surface area contributed by atoms with Gasteiger partial charge in [0.2, 0.25) is 5.91 Å². The topological polar surface area (TPSA) is 89.3 Å². The molecule has 2 amide bonds. The fourth-order valence-electron chi connectivity index (χ4n) is 4.10. The second-order valence-corrected chi connectivity index (χ2v) is 7.74. The zero-order chi connectivity index (χ0) is 19.8. The number of nitrogens with one attached hydrogen (secondary N) is 1. The molecule has 0 unspecified atom stereocenters. The molecule has 0 radical (unpaired) electrons. The first-order chi connectivity index (χ1) is 13.5. The number of ether oxygens (including phenoxy) is 1. The Hall–Kier alpha value is -2.48. The van der Waals surface area contributed by atoms with Gasteiger partial charge in [-0.1, -0.05) is 0 Å². The van der Waals surface area contributed by atoms with Crippen molar-refractivity contribution in [3.8, 4) is 0 Å². The number of piperidine rings is 1. The Morgan fingerprint density at radius 3 is 2.54 bits per heavy atom. The van der Waals surface area contributed by atoms with Crippen LogP contribution in [0.1, 0.15) is 59.3 Å². The van der Waals surface area contributed by atoms with Crippen LogP contribution in [0.2, 0.25) is 0 Å². The fraction of sp³-hybridized carbons (Fsp3) is 0.600. The number of carbonyl (C=O) groups is 2. The molecular formula is C20H27N5O3. The molecule has 1 N–H and O–H groups in total. The Morgan fingerprint density at radius 2 is 1.93 bits per heavy atom. The van der Waals surface area contributed by atoms with Crippen LogP contribution in [0, 0.1) is 0 Å². The van der Waals surface area contributed by atoms with Gasteiger partial charge in [-0.3, -0.25) is 14.3 Å². The second-order valence-electron chi connectivity index (χ2n) is 7.74. The summed E-state index contributed by atoms with van der Waals surface area (Å²) >= 11 is 0. The van der Waals surface area contributed by atoms with Gasteiger partial charge in [0.1, 0.15) is 6.61 Å². The number of pyridine rings is 1. The lowest BCUT2D eigenvalue weighted by atomic mass is 9.90. The van der Waals surface area contributed by atoms with E-state index in [1.807, 2.05) is 18.0 Å². The predicted octanol–water partition coefficient (Wildman–Crippen LogP) is 1.56.